The van der Waals surface area contributed by atoms with Crippen molar-refractivity contribution in [2.45, 2.75) is 20.4 Å². The second-order valence-corrected chi connectivity index (χ2v) is 3.99. The fourth-order valence-corrected chi connectivity index (χ4v) is 1.94. The summed E-state index contributed by atoms with van der Waals surface area (Å²) in [5.74, 6) is 2.03. The summed E-state index contributed by atoms with van der Waals surface area (Å²) >= 11 is 0. The Morgan fingerprint density at radius 1 is 1.35 bits per heavy atom. The third kappa shape index (κ3) is 2.17. The Morgan fingerprint density at radius 2 is 2.12 bits per heavy atom. The molecule has 0 atom stereocenters. The number of ether oxygens (including phenoxy) is 1. The molecule has 0 aliphatic heterocycles. The van der Waals surface area contributed by atoms with Gasteiger partial charge in [-0.1, -0.05) is 6.07 Å². The molecule has 0 saturated carbocycles. The molecule has 0 fully saturated rings. The van der Waals surface area contributed by atoms with Gasteiger partial charge in [0.25, 0.3) is 0 Å². The standard InChI is InChI=1S/C13H16N2O2/c1-8-4-9(2)13(16-3)10(5-8)11-7-15-12(6-14)17-11/h4-5,7H,6,14H2,1-3H3. The van der Waals surface area contributed by atoms with Crippen LogP contribution in [0.4, 0.5) is 0 Å². The fraction of sp³-hybridized carbons (Fsp3) is 0.308. The van der Waals surface area contributed by atoms with E-state index in [4.69, 9.17) is 14.9 Å². The van der Waals surface area contributed by atoms with E-state index >= 15 is 0 Å². The topological polar surface area (TPSA) is 61.3 Å². The zero-order valence-electron chi connectivity index (χ0n) is 10.3. The third-order valence-electron chi connectivity index (χ3n) is 2.62. The minimum Gasteiger partial charge on any atom is -0.496 e. The number of oxazole rings is 1. The molecule has 2 rings (SSSR count). The molecule has 0 aliphatic rings. The Morgan fingerprint density at radius 3 is 2.71 bits per heavy atom. The molecule has 1 aromatic carbocycles. The number of aryl methyl sites for hydroxylation is 2. The van der Waals surface area contributed by atoms with E-state index in [0.29, 0.717) is 18.2 Å². The Kier molecular flexibility index (Phi) is 3.15. The molecular weight excluding hydrogens is 216 g/mol. The Hall–Kier alpha value is -1.81. The summed E-state index contributed by atoms with van der Waals surface area (Å²) in [6.45, 7) is 4.35. The van der Waals surface area contributed by atoms with Crippen molar-refractivity contribution in [2.24, 2.45) is 5.73 Å². The average Bonchev–Trinajstić information content (AvgIpc) is 2.76. The molecule has 0 unspecified atom stereocenters. The molecule has 1 aromatic heterocycles. The number of nitrogens with zero attached hydrogens (tertiary/aromatic N) is 1. The van der Waals surface area contributed by atoms with Crippen molar-refractivity contribution >= 4 is 0 Å². The summed E-state index contributed by atoms with van der Waals surface area (Å²) in [6, 6.07) is 4.09. The Balaban J connectivity index is 2.57. The maximum Gasteiger partial charge on any atom is 0.208 e. The van der Waals surface area contributed by atoms with Crippen LogP contribution in [-0.4, -0.2) is 12.1 Å². The van der Waals surface area contributed by atoms with Crippen molar-refractivity contribution in [3.05, 3.63) is 35.3 Å². The zero-order chi connectivity index (χ0) is 12.4. The van der Waals surface area contributed by atoms with Crippen LogP contribution in [0.15, 0.2) is 22.7 Å². The van der Waals surface area contributed by atoms with Crippen LogP contribution in [0.2, 0.25) is 0 Å². The van der Waals surface area contributed by atoms with E-state index in [9.17, 15) is 0 Å². The van der Waals surface area contributed by atoms with Gasteiger partial charge in [0.15, 0.2) is 5.76 Å². The number of hydrogen-bond acceptors (Lipinski definition) is 4. The zero-order valence-corrected chi connectivity index (χ0v) is 10.3. The lowest BCUT2D eigenvalue weighted by Crippen LogP contribution is -1.95. The predicted molar refractivity (Wildman–Crippen MR) is 65.9 cm³/mol. The smallest absolute Gasteiger partial charge is 0.208 e. The highest BCUT2D eigenvalue weighted by Gasteiger charge is 2.13. The molecule has 0 bridgehead atoms. The first kappa shape index (κ1) is 11.7. The molecule has 4 nitrogen and oxygen atoms in total. The molecular formula is C13H16N2O2. The molecule has 2 N–H and O–H groups in total. The lowest BCUT2D eigenvalue weighted by atomic mass is 10.0. The molecule has 2 aromatic rings. The second kappa shape index (κ2) is 4.59. The maximum absolute atomic E-state index is 5.56. The predicted octanol–water partition coefficient (Wildman–Crippen LogP) is 2.43. The number of aromatic nitrogens is 1. The average molecular weight is 232 g/mol. The lowest BCUT2D eigenvalue weighted by molar-refractivity contribution is 0.410. The summed E-state index contributed by atoms with van der Waals surface area (Å²) in [6.07, 6.45) is 1.68. The highest BCUT2D eigenvalue weighted by atomic mass is 16.5. The highest BCUT2D eigenvalue weighted by Crippen LogP contribution is 2.34. The summed E-state index contributed by atoms with van der Waals surface area (Å²) in [7, 11) is 1.65. The Labute approximate surface area is 100 Å². The quantitative estimate of drug-likeness (QED) is 0.882. The highest BCUT2D eigenvalue weighted by molar-refractivity contribution is 5.68. The number of methoxy groups -OCH3 is 1. The van der Waals surface area contributed by atoms with Crippen LogP contribution in [0.1, 0.15) is 17.0 Å². The number of nitrogens with two attached hydrogens (primary N) is 1. The van der Waals surface area contributed by atoms with E-state index < -0.39 is 0 Å². The van der Waals surface area contributed by atoms with Crippen molar-refractivity contribution in [1.29, 1.82) is 0 Å². The molecule has 4 heteroatoms. The lowest BCUT2D eigenvalue weighted by Gasteiger charge is -2.10. The minimum atomic E-state index is 0.299. The molecule has 0 amide bonds. The Bertz CT molecular complexity index is 532. The van der Waals surface area contributed by atoms with E-state index in [-0.39, 0.29) is 0 Å². The fourth-order valence-electron chi connectivity index (χ4n) is 1.94. The normalized spacial score (nSPS) is 10.6. The summed E-state index contributed by atoms with van der Waals surface area (Å²) in [5.41, 5.74) is 8.63. The molecule has 0 radical (unpaired) electrons. The minimum absolute atomic E-state index is 0.299. The molecule has 90 valence electrons. The molecule has 0 saturated heterocycles. The SMILES string of the molecule is COc1c(C)cc(C)cc1-c1cnc(CN)o1. The van der Waals surface area contributed by atoms with Crippen molar-refractivity contribution in [3.63, 3.8) is 0 Å². The maximum atomic E-state index is 5.56. The van der Waals surface area contributed by atoms with Gasteiger partial charge in [0.2, 0.25) is 5.89 Å². The second-order valence-electron chi connectivity index (χ2n) is 3.99. The van der Waals surface area contributed by atoms with Crippen LogP contribution in [0, 0.1) is 13.8 Å². The molecule has 17 heavy (non-hydrogen) atoms. The third-order valence-corrected chi connectivity index (χ3v) is 2.62. The van der Waals surface area contributed by atoms with Crippen LogP contribution in [0.5, 0.6) is 5.75 Å². The van der Waals surface area contributed by atoms with E-state index in [0.717, 1.165) is 22.4 Å². The first-order valence-corrected chi connectivity index (χ1v) is 5.46. The number of hydrogen-bond donors (Lipinski definition) is 1. The van der Waals surface area contributed by atoms with Crippen molar-refractivity contribution in [1.82, 2.24) is 4.98 Å². The van der Waals surface area contributed by atoms with Crippen molar-refractivity contribution in [2.75, 3.05) is 7.11 Å². The monoisotopic (exact) mass is 232 g/mol. The van der Waals surface area contributed by atoms with Gasteiger partial charge >= 0.3 is 0 Å². The van der Waals surface area contributed by atoms with Gasteiger partial charge < -0.3 is 14.9 Å². The van der Waals surface area contributed by atoms with E-state index in [1.165, 1.54) is 0 Å². The van der Waals surface area contributed by atoms with Gasteiger partial charge in [0.1, 0.15) is 5.75 Å². The van der Waals surface area contributed by atoms with Gasteiger partial charge in [-0.05, 0) is 31.0 Å². The van der Waals surface area contributed by atoms with E-state index in [1.54, 1.807) is 13.3 Å². The first-order valence-electron chi connectivity index (χ1n) is 5.46. The molecule has 0 spiro atoms. The van der Waals surface area contributed by atoms with E-state index in [2.05, 4.69) is 11.1 Å². The summed E-state index contributed by atoms with van der Waals surface area (Å²) in [4.78, 5) is 4.10. The van der Waals surface area contributed by atoms with Crippen LogP contribution >= 0.6 is 0 Å². The van der Waals surface area contributed by atoms with Gasteiger partial charge in [-0.25, -0.2) is 4.98 Å². The van der Waals surface area contributed by atoms with Gasteiger partial charge in [-0.15, -0.1) is 0 Å². The van der Waals surface area contributed by atoms with Gasteiger partial charge in [0, 0.05) is 0 Å². The van der Waals surface area contributed by atoms with Crippen LogP contribution in [0.3, 0.4) is 0 Å². The van der Waals surface area contributed by atoms with Crippen molar-refractivity contribution < 1.29 is 9.15 Å². The summed E-state index contributed by atoms with van der Waals surface area (Å²) < 4.78 is 11.0. The first-order chi connectivity index (χ1) is 8.15. The van der Waals surface area contributed by atoms with E-state index in [1.807, 2.05) is 19.9 Å². The largest absolute Gasteiger partial charge is 0.496 e. The number of benzene rings is 1. The molecule has 0 aliphatic carbocycles. The van der Waals surface area contributed by atoms with Crippen LogP contribution < -0.4 is 10.5 Å². The summed E-state index contributed by atoms with van der Waals surface area (Å²) in [5, 5.41) is 0. The van der Waals surface area contributed by atoms with Crippen LogP contribution in [-0.2, 0) is 6.54 Å². The van der Waals surface area contributed by atoms with Gasteiger partial charge in [0.05, 0.1) is 25.4 Å². The number of rotatable bonds is 3. The van der Waals surface area contributed by atoms with Crippen LogP contribution in [0.25, 0.3) is 11.3 Å². The van der Waals surface area contributed by atoms with Gasteiger partial charge in [-0.2, -0.15) is 0 Å². The van der Waals surface area contributed by atoms with Crippen molar-refractivity contribution in [3.8, 4) is 17.1 Å². The van der Waals surface area contributed by atoms with Gasteiger partial charge in [-0.3, -0.25) is 0 Å². The molecule has 1 heterocycles.